The number of aromatic nitrogens is 1. The molecule has 156 valence electrons. The van der Waals surface area contributed by atoms with Crippen molar-refractivity contribution in [1.29, 1.82) is 0 Å². The number of amides is 1. The number of nitrogens with zero attached hydrogens (tertiary/aromatic N) is 2. The van der Waals surface area contributed by atoms with Gasteiger partial charge in [-0.05, 0) is 54.1 Å². The zero-order chi connectivity index (χ0) is 20.8. The van der Waals surface area contributed by atoms with Gasteiger partial charge in [-0.25, -0.2) is 0 Å². The lowest BCUT2D eigenvalue weighted by atomic mass is 10.0. The fourth-order valence-electron chi connectivity index (χ4n) is 3.76. The van der Waals surface area contributed by atoms with Crippen LogP contribution in [0, 0.1) is 0 Å². The van der Waals surface area contributed by atoms with Crippen LogP contribution >= 0.6 is 0 Å². The summed E-state index contributed by atoms with van der Waals surface area (Å²) in [5, 5.41) is 3.12. The zero-order valence-corrected chi connectivity index (χ0v) is 17.2. The molecule has 6 nitrogen and oxygen atoms in total. The summed E-state index contributed by atoms with van der Waals surface area (Å²) >= 11 is 0. The van der Waals surface area contributed by atoms with Gasteiger partial charge in [0.1, 0.15) is 5.75 Å². The molecule has 1 aliphatic rings. The Bertz CT molecular complexity index is 931. The normalized spacial score (nSPS) is 15.5. The minimum absolute atomic E-state index is 0.0687. The molecule has 2 aromatic carbocycles. The van der Waals surface area contributed by atoms with Gasteiger partial charge in [0.15, 0.2) is 0 Å². The number of hydrogen-bond donors (Lipinski definition) is 1. The number of benzene rings is 2. The summed E-state index contributed by atoms with van der Waals surface area (Å²) in [6.45, 7) is 3.64. The molecule has 3 aromatic rings. The maximum Gasteiger partial charge on any atom is 0.251 e. The predicted molar refractivity (Wildman–Crippen MR) is 116 cm³/mol. The fourth-order valence-corrected chi connectivity index (χ4v) is 3.76. The highest BCUT2D eigenvalue weighted by atomic mass is 16.5. The van der Waals surface area contributed by atoms with Gasteiger partial charge < -0.3 is 19.4 Å². The standard InChI is InChI=1S/C24H27N3O3/c1-29-22-10-6-19(7-11-22)23(27-14-16-30-17-15-27)18-25-24(28)20-4-8-21(9-5-20)26-12-2-3-13-26/h2-13,23H,14-18H2,1H3,(H,25,28)/t23-/m0/s1. The number of nitrogens with one attached hydrogen (secondary N) is 1. The summed E-state index contributed by atoms with van der Waals surface area (Å²) in [4.78, 5) is 15.1. The van der Waals surface area contributed by atoms with Crippen molar-refractivity contribution >= 4 is 5.91 Å². The van der Waals surface area contributed by atoms with E-state index in [1.165, 1.54) is 0 Å². The quantitative estimate of drug-likeness (QED) is 0.655. The van der Waals surface area contributed by atoms with E-state index in [9.17, 15) is 4.79 Å². The first-order valence-electron chi connectivity index (χ1n) is 10.2. The van der Waals surface area contributed by atoms with E-state index in [0.29, 0.717) is 25.3 Å². The zero-order valence-electron chi connectivity index (χ0n) is 17.2. The summed E-state index contributed by atoms with van der Waals surface area (Å²) in [7, 11) is 1.66. The Morgan fingerprint density at radius 2 is 1.70 bits per heavy atom. The van der Waals surface area contributed by atoms with Gasteiger partial charge >= 0.3 is 0 Å². The van der Waals surface area contributed by atoms with Gasteiger partial charge in [-0.1, -0.05) is 12.1 Å². The van der Waals surface area contributed by atoms with E-state index in [1.807, 2.05) is 65.5 Å². The number of morpholine rings is 1. The minimum atomic E-state index is -0.0687. The van der Waals surface area contributed by atoms with E-state index in [-0.39, 0.29) is 11.9 Å². The third-order valence-corrected chi connectivity index (χ3v) is 5.48. The molecule has 0 unspecified atom stereocenters. The van der Waals surface area contributed by atoms with Crippen molar-refractivity contribution in [1.82, 2.24) is 14.8 Å². The van der Waals surface area contributed by atoms with Crippen LogP contribution in [-0.2, 0) is 4.74 Å². The molecule has 1 aliphatic heterocycles. The summed E-state index contributed by atoms with van der Waals surface area (Å²) in [5.74, 6) is 0.757. The average Bonchev–Trinajstić information content (AvgIpc) is 3.35. The van der Waals surface area contributed by atoms with Gasteiger partial charge in [-0.3, -0.25) is 9.69 Å². The Labute approximate surface area is 177 Å². The Hall–Kier alpha value is -3.09. The molecule has 2 heterocycles. The molecule has 4 rings (SSSR count). The minimum Gasteiger partial charge on any atom is -0.497 e. The number of hydrogen-bond acceptors (Lipinski definition) is 4. The summed E-state index contributed by atoms with van der Waals surface area (Å²) in [6, 6.07) is 19.7. The molecule has 0 radical (unpaired) electrons. The molecule has 0 saturated carbocycles. The smallest absolute Gasteiger partial charge is 0.251 e. The van der Waals surface area contributed by atoms with Gasteiger partial charge in [0, 0.05) is 43.3 Å². The SMILES string of the molecule is COc1ccc([C@H](CNC(=O)c2ccc(-n3cccc3)cc2)N2CCOCC2)cc1. The molecular formula is C24H27N3O3. The topological polar surface area (TPSA) is 55.7 Å². The predicted octanol–water partition coefficient (Wildman–Crippen LogP) is 3.29. The summed E-state index contributed by atoms with van der Waals surface area (Å²) < 4.78 is 12.8. The first-order chi connectivity index (χ1) is 14.7. The summed E-state index contributed by atoms with van der Waals surface area (Å²) in [6.07, 6.45) is 3.97. The van der Waals surface area contributed by atoms with Crippen LogP contribution in [0.15, 0.2) is 73.1 Å². The number of carbonyl (C=O) groups excluding carboxylic acids is 1. The van der Waals surface area contributed by atoms with E-state index in [1.54, 1.807) is 7.11 Å². The monoisotopic (exact) mass is 405 g/mol. The van der Waals surface area contributed by atoms with Crippen molar-refractivity contribution in [2.75, 3.05) is 40.0 Å². The summed E-state index contributed by atoms with van der Waals surface area (Å²) in [5.41, 5.74) is 2.84. The molecule has 0 bridgehead atoms. The molecule has 0 spiro atoms. The fraction of sp³-hybridized carbons (Fsp3) is 0.292. The third kappa shape index (κ3) is 4.72. The van der Waals surface area contributed by atoms with Crippen LogP contribution in [-0.4, -0.2) is 55.3 Å². The first kappa shape index (κ1) is 20.2. The van der Waals surface area contributed by atoms with Crippen LogP contribution in [0.3, 0.4) is 0 Å². The Morgan fingerprint density at radius 3 is 2.33 bits per heavy atom. The van der Waals surface area contributed by atoms with Crippen LogP contribution < -0.4 is 10.1 Å². The van der Waals surface area contributed by atoms with Crippen molar-refractivity contribution in [3.8, 4) is 11.4 Å². The Balaban J connectivity index is 1.45. The lowest BCUT2D eigenvalue weighted by molar-refractivity contribution is 0.0162. The van der Waals surface area contributed by atoms with E-state index >= 15 is 0 Å². The number of ether oxygens (including phenoxy) is 2. The van der Waals surface area contributed by atoms with Crippen molar-refractivity contribution in [2.45, 2.75) is 6.04 Å². The number of carbonyl (C=O) groups is 1. The molecule has 30 heavy (non-hydrogen) atoms. The van der Waals surface area contributed by atoms with E-state index in [4.69, 9.17) is 9.47 Å². The van der Waals surface area contributed by atoms with Crippen LogP contribution in [0.4, 0.5) is 0 Å². The molecule has 1 fully saturated rings. The van der Waals surface area contributed by atoms with Crippen LogP contribution in [0.2, 0.25) is 0 Å². The van der Waals surface area contributed by atoms with Crippen molar-refractivity contribution in [2.24, 2.45) is 0 Å². The lowest BCUT2D eigenvalue weighted by Crippen LogP contribution is -2.43. The maximum atomic E-state index is 12.8. The second kappa shape index (κ2) is 9.61. The molecule has 1 N–H and O–H groups in total. The number of methoxy groups -OCH3 is 1. The average molecular weight is 405 g/mol. The van der Waals surface area contributed by atoms with Crippen LogP contribution in [0.5, 0.6) is 5.75 Å². The van der Waals surface area contributed by atoms with Crippen molar-refractivity contribution in [3.05, 3.63) is 84.2 Å². The Morgan fingerprint density at radius 1 is 1.03 bits per heavy atom. The van der Waals surface area contributed by atoms with Gasteiger partial charge in [-0.2, -0.15) is 0 Å². The van der Waals surface area contributed by atoms with E-state index < -0.39 is 0 Å². The highest BCUT2D eigenvalue weighted by Crippen LogP contribution is 2.24. The first-order valence-corrected chi connectivity index (χ1v) is 10.2. The largest absolute Gasteiger partial charge is 0.497 e. The van der Waals surface area contributed by atoms with E-state index in [2.05, 4.69) is 22.3 Å². The van der Waals surface area contributed by atoms with Crippen LogP contribution in [0.25, 0.3) is 5.69 Å². The highest BCUT2D eigenvalue weighted by Gasteiger charge is 2.23. The second-order valence-corrected chi connectivity index (χ2v) is 7.28. The second-order valence-electron chi connectivity index (χ2n) is 7.28. The Kier molecular flexibility index (Phi) is 6.47. The van der Waals surface area contributed by atoms with Gasteiger partial charge in [0.05, 0.1) is 26.4 Å². The molecular weight excluding hydrogens is 378 g/mol. The van der Waals surface area contributed by atoms with Gasteiger partial charge in [-0.15, -0.1) is 0 Å². The molecule has 1 saturated heterocycles. The molecule has 6 heteroatoms. The molecule has 1 atom stereocenters. The lowest BCUT2D eigenvalue weighted by Gasteiger charge is -2.35. The molecule has 0 aliphatic carbocycles. The van der Waals surface area contributed by atoms with Crippen LogP contribution in [0.1, 0.15) is 22.0 Å². The maximum absolute atomic E-state index is 12.8. The van der Waals surface area contributed by atoms with Gasteiger partial charge in [0.2, 0.25) is 0 Å². The third-order valence-electron chi connectivity index (χ3n) is 5.48. The molecule has 1 aromatic heterocycles. The van der Waals surface area contributed by atoms with Gasteiger partial charge in [0.25, 0.3) is 5.91 Å². The van der Waals surface area contributed by atoms with Crippen molar-refractivity contribution in [3.63, 3.8) is 0 Å². The number of rotatable bonds is 7. The van der Waals surface area contributed by atoms with Crippen molar-refractivity contribution < 1.29 is 14.3 Å². The highest BCUT2D eigenvalue weighted by molar-refractivity contribution is 5.94. The van der Waals surface area contributed by atoms with E-state index in [0.717, 1.165) is 30.1 Å². The molecule has 1 amide bonds.